The Morgan fingerprint density at radius 2 is 0.923 bits per heavy atom. The van der Waals surface area contributed by atoms with Crippen molar-refractivity contribution >= 4 is 35.7 Å². The summed E-state index contributed by atoms with van der Waals surface area (Å²) in [6.45, 7) is 0. The summed E-state index contributed by atoms with van der Waals surface area (Å²) in [6.07, 6.45) is 0. The molecule has 0 fully saturated rings. The Hall–Kier alpha value is 0.00338. The molecular weight excluding hydrogens is 262 g/mol. The third-order valence-corrected chi connectivity index (χ3v) is 1.46. The van der Waals surface area contributed by atoms with Crippen LogP contribution in [-0.4, -0.2) is 48.5 Å². The van der Waals surface area contributed by atoms with E-state index in [1.807, 2.05) is 0 Å². The van der Waals surface area contributed by atoms with Gasteiger partial charge in [-0.15, -0.1) is 0 Å². The van der Waals surface area contributed by atoms with E-state index in [2.05, 4.69) is 25.3 Å². The van der Waals surface area contributed by atoms with E-state index >= 15 is 0 Å². The van der Waals surface area contributed by atoms with E-state index in [1.54, 1.807) is 28.2 Å². The zero-order valence-electron chi connectivity index (χ0n) is 8.23. The number of carbonyl (C=O) groups excluding carboxylic acids is 2. The molecule has 0 N–H and O–H groups in total. The minimum absolute atomic E-state index is 0. The SMILES string of the molecule is CN(C)C(=O)[S-].CN(C)C(=O)[S-].[Zn+2]. The molecule has 0 saturated heterocycles. The Morgan fingerprint density at radius 1 is 0.846 bits per heavy atom. The van der Waals surface area contributed by atoms with Crippen molar-refractivity contribution in [3.05, 3.63) is 0 Å². The zero-order chi connectivity index (χ0) is 10.3. The molecule has 0 spiro atoms. The van der Waals surface area contributed by atoms with Crippen LogP contribution in [0.15, 0.2) is 0 Å². The topological polar surface area (TPSA) is 40.6 Å². The zero-order valence-corrected chi connectivity index (χ0v) is 12.8. The summed E-state index contributed by atoms with van der Waals surface area (Å²) in [5.74, 6) is 0. The fourth-order valence-corrected chi connectivity index (χ4v) is 0. The van der Waals surface area contributed by atoms with Gasteiger partial charge in [-0.1, -0.05) is 0 Å². The Labute approximate surface area is 103 Å². The number of nitrogens with zero attached hydrogens (tertiary/aromatic N) is 2. The molecule has 4 nitrogen and oxygen atoms in total. The third-order valence-electron chi connectivity index (χ3n) is 0.730. The molecule has 0 aliphatic carbocycles. The van der Waals surface area contributed by atoms with E-state index in [4.69, 9.17) is 0 Å². The Balaban J connectivity index is -0.000000143. The minimum atomic E-state index is -0.324. The van der Waals surface area contributed by atoms with Crippen molar-refractivity contribution < 1.29 is 29.1 Å². The summed E-state index contributed by atoms with van der Waals surface area (Å²) in [5, 5.41) is -0.648. The van der Waals surface area contributed by atoms with Crippen LogP contribution >= 0.6 is 0 Å². The Kier molecular flexibility index (Phi) is 14.5. The number of hydrogen-bond acceptors (Lipinski definition) is 4. The van der Waals surface area contributed by atoms with E-state index in [0.717, 1.165) is 0 Å². The average Bonchev–Trinajstić information content (AvgIpc) is 1.88. The quantitative estimate of drug-likeness (QED) is 0.474. The van der Waals surface area contributed by atoms with E-state index in [-0.39, 0.29) is 30.0 Å². The molecule has 0 radical (unpaired) electrons. The molecule has 0 aromatic rings. The second-order valence-electron chi connectivity index (χ2n) is 2.32. The predicted octanol–water partition coefficient (Wildman–Crippen LogP) is 0.427. The van der Waals surface area contributed by atoms with Crippen LogP contribution in [0.3, 0.4) is 0 Å². The number of carbonyl (C=O) groups is 2. The second kappa shape index (κ2) is 10.1. The molecule has 13 heavy (non-hydrogen) atoms. The van der Waals surface area contributed by atoms with E-state index < -0.39 is 0 Å². The van der Waals surface area contributed by atoms with Gasteiger partial charge in [0.05, 0.1) is 0 Å². The summed E-state index contributed by atoms with van der Waals surface area (Å²) < 4.78 is 0. The summed E-state index contributed by atoms with van der Waals surface area (Å²) in [6, 6.07) is 0. The molecule has 2 amide bonds. The predicted molar refractivity (Wildman–Crippen MR) is 52.9 cm³/mol. The summed E-state index contributed by atoms with van der Waals surface area (Å²) in [7, 11) is 6.48. The van der Waals surface area contributed by atoms with Gasteiger partial charge in [0.25, 0.3) is 0 Å². The smallest absolute Gasteiger partial charge is 0.719 e. The average molecular weight is 274 g/mol. The van der Waals surface area contributed by atoms with Crippen molar-refractivity contribution in [2.75, 3.05) is 28.2 Å². The van der Waals surface area contributed by atoms with Crippen LogP contribution in [0.25, 0.3) is 0 Å². The standard InChI is InChI=1S/2C3H7NOS.Zn/c2*1-4(2)3(5)6;/h2*1-2H3,(H,5,6);/q;;+2/p-2. The van der Waals surface area contributed by atoms with Crippen molar-refractivity contribution in [1.82, 2.24) is 9.80 Å². The molecule has 0 saturated carbocycles. The fourth-order valence-electron chi connectivity index (χ4n) is 0. The van der Waals surface area contributed by atoms with Gasteiger partial charge in [0.1, 0.15) is 10.5 Å². The van der Waals surface area contributed by atoms with Crippen molar-refractivity contribution in [1.29, 1.82) is 0 Å². The monoisotopic (exact) mass is 272 g/mol. The first kappa shape index (κ1) is 18.7. The molecule has 0 aromatic carbocycles. The molecule has 72 valence electrons. The second-order valence-corrected chi connectivity index (χ2v) is 3.02. The maximum atomic E-state index is 9.88. The van der Waals surface area contributed by atoms with Crippen molar-refractivity contribution in [2.45, 2.75) is 0 Å². The number of rotatable bonds is 0. The molecule has 7 heteroatoms. The first-order valence-corrected chi connectivity index (χ1v) is 3.87. The van der Waals surface area contributed by atoms with Crippen LogP contribution in [0.5, 0.6) is 0 Å². The first-order valence-electron chi connectivity index (χ1n) is 3.05. The molecule has 0 unspecified atom stereocenters. The van der Waals surface area contributed by atoms with Gasteiger partial charge >= 0.3 is 19.5 Å². The van der Waals surface area contributed by atoms with Crippen LogP contribution in [0.4, 0.5) is 9.59 Å². The fraction of sp³-hybridized carbons (Fsp3) is 0.667. The van der Waals surface area contributed by atoms with Gasteiger partial charge in [-0.05, 0) is 0 Å². The molecule has 0 atom stereocenters. The van der Waals surface area contributed by atoms with Gasteiger partial charge in [0, 0.05) is 28.2 Å². The number of amides is 2. The van der Waals surface area contributed by atoms with Gasteiger partial charge < -0.3 is 44.6 Å². The van der Waals surface area contributed by atoms with Crippen molar-refractivity contribution in [3.8, 4) is 0 Å². The molecule has 0 rings (SSSR count). The molecule has 0 aromatic heterocycles. The largest absolute Gasteiger partial charge is 2.00 e. The van der Waals surface area contributed by atoms with Gasteiger partial charge in [-0.25, -0.2) is 0 Å². The molecule has 0 bridgehead atoms. The molecule has 0 aliphatic heterocycles. The Bertz CT molecular complexity index is 147. The van der Waals surface area contributed by atoms with Crippen LogP contribution in [0.2, 0.25) is 0 Å². The van der Waals surface area contributed by atoms with E-state index in [1.165, 1.54) is 9.80 Å². The normalized spacial score (nSPS) is 7.08. The maximum Gasteiger partial charge on any atom is 2.00 e. The number of hydrogen-bond donors (Lipinski definition) is 0. The van der Waals surface area contributed by atoms with Gasteiger partial charge in [-0.2, -0.15) is 0 Å². The summed E-state index contributed by atoms with van der Waals surface area (Å²) in [5.41, 5.74) is 0. The van der Waals surface area contributed by atoms with E-state index in [9.17, 15) is 9.59 Å². The molecule has 0 heterocycles. The van der Waals surface area contributed by atoms with Gasteiger partial charge in [0.15, 0.2) is 0 Å². The maximum absolute atomic E-state index is 9.88. The third kappa shape index (κ3) is 18.8. The van der Waals surface area contributed by atoms with Gasteiger partial charge in [0.2, 0.25) is 0 Å². The van der Waals surface area contributed by atoms with Crippen LogP contribution < -0.4 is 0 Å². The van der Waals surface area contributed by atoms with Crippen LogP contribution in [-0.2, 0) is 44.7 Å². The van der Waals surface area contributed by atoms with Gasteiger partial charge in [-0.3, -0.25) is 0 Å². The summed E-state index contributed by atoms with van der Waals surface area (Å²) >= 11 is 8.38. The van der Waals surface area contributed by atoms with Crippen molar-refractivity contribution in [3.63, 3.8) is 0 Å². The summed E-state index contributed by atoms with van der Waals surface area (Å²) in [4.78, 5) is 22.5. The first-order chi connectivity index (χ1) is 5.29. The van der Waals surface area contributed by atoms with E-state index in [0.29, 0.717) is 0 Å². The van der Waals surface area contributed by atoms with Crippen LogP contribution in [0, 0.1) is 0 Å². The van der Waals surface area contributed by atoms with Crippen LogP contribution in [0.1, 0.15) is 0 Å². The minimum Gasteiger partial charge on any atom is -0.719 e. The molecule has 0 aliphatic rings. The Morgan fingerprint density at radius 3 is 0.923 bits per heavy atom. The van der Waals surface area contributed by atoms with Crippen molar-refractivity contribution in [2.24, 2.45) is 0 Å². The molecular formula is C6H12N2O2S2Zn.